The fourth-order valence-electron chi connectivity index (χ4n) is 1.35. The van der Waals surface area contributed by atoms with Crippen molar-refractivity contribution in [1.82, 2.24) is 0 Å². The van der Waals surface area contributed by atoms with Gasteiger partial charge in [-0.1, -0.05) is 20.8 Å². The molecule has 92 valence electrons. The zero-order valence-corrected chi connectivity index (χ0v) is 11.6. The third-order valence-corrected chi connectivity index (χ3v) is 5.49. The van der Waals surface area contributed by atoms with Crippen molar-refractivity contribution in [3.05, 3.63) is 17.0 Å². The first kappa shape index (κ1) is 13.7. The minimum atomic E-state index is -3.52. The molecule has 1 aromatic rings. The zero-order valence-electron chi connectivity index (χ0n) is 9.93. The van der Waals surface area contributed by atoms with Crippen LogP contribution in [-0.2, 0) is 16.4 Å². The Hall–Kier alpha value is -0.390. The molecular formula is C11H19NO2S2. The number of hydrogen-bond donors (Lipinski definition) is 1. The molecule has 1 rings (SSSR count). The van der Waals surface area contributed by atoms with Gasteiger partial charge in [0.05, 0.1) is 0 Å². The van der Waals surface area contributed by atoms with Gasteiger partial charge in [0.15, 0.2) is 0 Å². The van der Waals surface area contributed by atoms with Gasteiger partial charge in [-0.3, -0.25) is 0 Å². The number of aryl methyl sites for hydroxylation is 1. The van der Waals surface area contributed by atoms with Gasteiger partial charge in [-0.15, -0.1) is 11.3 Å². The number of sulfonamides is 1. The topological polar surface area (TPSA) is 60.2 Å². The van der Waals surface area contributed by atoms with Gasteiger partial charge in [-0.2, -0.15) is 0 Å². The lowest BCUT2D eigenvalue weighted by Gasteiger charge is -2.14. The Morgan fingerprint density at radius 2 is 1.94 bits per heavy atom. The molecule has 0 fully saturated rings. The van der Waals surface area contributed by atoms with Gasteiger partial charge in [0.1, 0.15) is 4.21 Å². The van der Waals surface area contributed by atoms with Crippen LogP contribution in [0.2, 0.25) is 0 Å². The lowest BCUT2D eigenvalue weighted by atomic mass is 9.93. The summed E-state index contributed by atoms with van der Waals surface area (Å²) in [4.78, 5) is 1.09. The van der Waals surface area contributed by atoms with E-state index in [0.29, 0.717) is 11.8 Å². The number of rotatable bonds is 5. The SMILES string of the molecule is CC(C)C(C)CCc1ccc(S(N)(=O)=O)s1. The molecule has 0 aliphatic carbocycles. The van der Waals surface area contributed by atoms with Crippen molar-refractivity contribution in [3.63, 3.8) is 0 Å². The van der Waals surface area contributed by atoms with Crippen LogP contribution in [0.15, 0.2) is 16.3 Å². The highest BCUT2D eigenvalue weighted by molar-refractivity contribution is 7.91. The molecule has 0 aliphatic heterocycles. The third kappa shape index (κ3) is 3.88. The summed E-state index contributed by atoms with van der Waals surface area (Å²) in [5.41, 5.74) is 0. The Kier molecular flexibility index (Phi) is 4.52. The van der Waals surface area contributed by atoms with E-state index in [1.54, 1.807) is 6.07 Å². The fourth-order valence-corrected chi connectivity index (χ4v) is 3.14. The predicted octanol–water partition coefficient (Wildman–Crippen LogP) is 2.62. The number of nitrogens with two attached hydrogens (primary N) is 1. The fraction of sp³-hybridized carbons (Fsp3) is 0.636. The highest BCUT2D eigenvalue weighted by atomic mass is 32.2. The van der Waals surface area contributed by atoms with Gasteiger partial charge >= 0.3 is 0 Å². The van der Waals surface area contributed by atoms with E-state index in [9.17, 15) is 8.42 Å². The van der Waals surface area contributed by atoms with Crippen LogP contribution in [0.5, 0.6) is 0 Å². The van der Waals surface area contributed by atoms with Crippen LogP contribution < -0.4 is 5.14 Å². The Labute approximate surface area is 102 Å². The van der Waals surface area contributed by atoms with Crippen molar-refractivity contribution in [3.8, 4) is 0 Å². The minimum absolute atomic E-state index is 0.264. The van der Waals surface area contributed by atoms with Crippen molar-refractivity contribution in [2.45, 2.75) is 37.8 Å². The molecule has 1 aromatic heterocycles. The molecule has 2 N–H and O–H groups in total. The molecule has 0 saturated heterocycles. The van der Waals surface area contributed by atoms with Gasteiger partial charge < -0.3 is 0 Å². The van der Waals surface area contributed by atoms with E-state index in [2.05, 4.69) is 20.8 Å². The van der Waals surface area contributed by atoms with E-state index in [-0.39, 0.29) is 4.21 Å². The van der Waals surface area contributed by atoms with Crippen LogP contribution in [0.1, 0.15) is 32.1 Å². The van der Waals surface area contributed by atoms with Crippen molar-refractivity contribution in [2.75, 3.05) is 0 Å². The van der Waals surface area contributed by atoms with Crippen LogP contribution in [0.3, 0.4) is 0 Å². The van der Waals surface area contributed by atoms with E-state index in [0.717, 1.165) is 17.7 Å². The largest absolute Gasteiger partial charge is 0.247 e. The Morgan fingerprint density at radius 1 is 1.31 bits per heavy atom. The average molecular weight is 261 g/mol. The molecule has 0 saturated carbocycles. The van der Waals surface area contributed by atoms with Crippen LogP contribution in [-0.4, -0.2) is 8.42 Å². The Bertz CT molecular complexity index is 435. The number of thiophene rings is 1. The molecule has 1 atom stereocenters. The Morgan fingerprint density at radius 3 is 2.38 bits per heavy atom. The van der Waals surface area contributed by atoms with E-state index in [1.165, 1.54) is 11.3 Å². The molecule has 0 radical (unpaired) electrons. The Balaban J connectivity index is 2.60. The molecular weight excluding hydrogens is 242 g/mol. The van der Waals surface area contributed by atoms with Crippen molar-refractivity contribution in [1.29, 1.82) is 0 Å². The summed E-state index contributed by atoms with van der Waals surface area (Å²) < 4.78 is 22.4. The second-order valence-electron chi connectivity index (χ2n) is 4.53. The summed E-state index contributed by atoms with van der Waals surface area (Å²) >= 11 is 1.28. The monoisotopic (exact) mass is 261 g/mol. The van der Waals surface area contributed by atoms with E-state index < -0.39 is 10.0 Å². The molecule has 0 spiro atoms. The van der Waals surface area contributed by atoms with Crippen LogP contribution >= 0.6 is 11.3 Å². The predicted molar refractivity (Wildman–Crippen MR) is 68.0 cm³/mol. The summed E-state index contributed by atoms with van der Waals surface area (Å²) in [7, 11) is -3.52. The minimum Gasteiger partial charge on any atom is -0.224 e. The molecule has 0 bridgehead atoms. The normalized spacial score (nSPS) is 14.3. The molecule has 0 aromatic carbocycles. The highest BCUT2D eigenvalue weighted by Gasteiger charge is 2.12. The van der Waals surface area contributed by atoms with Crippen molar-refractivity contribution in [2.24, 2.45) is 17.0 Å². The van der Waals surface area contributed by atoms with E-state index in [1.807, 2.05) is 6.07 Å². The lowest BCUT2D eigenvalue weighted by molar-refractivity contribution is 0.393. The first-order chi connectivity index (χ1) is 7.30. The molecule has 1 unspecified atom stereocenters. The third-order valence-electron chi connectivity index (χ3n) is 2.90. The van der Waals surface area contributed by atoms with Gasteiger partial charge in [0.25, 0.3) is 0 Å². The van der Waals surface area contributed by atoms with Crippen LogP contribution in [0.25, 0.3) is 0 Å². The summed E-state index contributed by atoms with van der Waals surface area (Å²) in [6, 6.07) is 3.45. The summed E-state index contributed by atoms with van der Waals surface area (Å²) in [6.45, 7) is 6.63. The molecule has 1 heterocycles. The number of hydrogen-bond acceptors (Lipinski definition) is 3. The summed E-state index contributed by atoms with van der Waals surface area (Å²) in [5, 5.41) is 5.06. The quantitative estimate of drug-likeness (QED) is 0.885. The second kappa shape index (κ2) is 5.29. The van der Waals surface area contributed by atoms with Crippen molar-refractivity contribution >= 4 is 21.4 Å². The van der Waals surface area contributed by atoms with E-state index in [4.69, 9.17) is 5.14 Å². The molecule has 5 heteroatoms. The van der Waals surface area contributed by atoms with Crippen molar-refractivity contribution < 1.29 is 8.42 Å². The molecule has 16 heavy (non-hydrogen) atoms. The first-order valence-electron chi connectivity index (χ1n) is 5.42. The smallest absolute Gasteiger partial charge is 0.224 e. The summed E-state index contributed by atoms with van der Waals surface area (Å²) in [6.07, 6.45) is 2.02. The van der Waals surface area contributed by atoms with Crippen LogP contribution in [0, 0.1) is 11.8 Å². The van der Waals surface area contributed by atoms with Gasteiger partial charge in [0, 0.05) is 4.88 Å². The molecule has 0 aliphatic rings. The summed E-state index contributed by atoms with van der Waals surface area (Å²) in [5.74, 6) is 1.32. The van der Waals surface area contributed by atoms with Crippen LogP contribution in [0.4, 0.5) is 0 Å². The van der Waals surface area contributed by atoms with Gasteiger partial charge in [-0.25, -0.2) is 13.6 Å². The second-order valence-corrected chi connectivity index (χ2v) is 7.48. The lowest BCUT2D eigenvalue weighted by Crippen LogP contribution is -2.09. The van der Waals surface area contributed by atoms with Gasteiger partial charge in [0.2, 0.25) is 10.0 Å². The maximum atomic E-state index is 11.1. The zero-order chi connectivity index (χ0) is 12.3. The maximum Gasteiger partial charge on any atom is 0.247 e. The average Bonchev–Trinajstić information content (AvgIpc) is 2.61. The van der Waals surface area contributed by atoms with E-state index >= 15 is 0 Å². The molecule has 0 amide bonds. The first-order valence-corrected chi connectivity index (χ1v) is 7.78. The maximum absolute atomic E-state index is 11.1. The number of primary sulfonamides is 1. The highest BCUT2D eigenvalue weighted by Crippen LogP contribution is 2.24. The van der Waals surface area contributed by atoms with Gasteiger partial charge in [-0.05, 0) is 36.8 Å². The standard InChI is InChI=1S/C11H19NO2S2/c1-8(2)9(3)4-5-10-6-7-11(15-10)16(12,13)14/h6-9H,4-5H2,1-3H3,(H2,12,13,14). The molecule has 3 nitrogen and oxygen atoms in total.